The van der Waals surface area contributed by atoms with Crippen LogP contribution in [0.25, 0.3) is 0 Å². The highest BCUT2D eigenvalue weighted by Gasteiger charge is 2.06. The van der Waals surface area contributed by atoms with E-state index in [1.54, 1.807) is 12.1 Å². The van der Waals surface area contributed by atoms with Gasteiger partial charge in [-0.25, -0.2) is 4.79 Å². The molecule has 15 heavy (non-hydrogen) atoms. The number of carbonyl (C=O) groups excluding carboxylic acids is 1. The molecule has 0 unspecified atom stereocenters. The van der Waals surface area contributed by atoms with E-state index in [0.29, 0.717) is 5.69 Å². The van der Waals surface area contributed by atoms with Crippen LogP contribution >= 0.6 is 0 Å². The lowest BCUT2D eigenvalue weighted by Crippen LogP contribution is -2.08. The Kier molecular flexibility index (Phi) is 3.44. The third-order valence-electron chi connectivity index (χ3n) is 1.97. The standard InChI is InChI=1S/C11H13NO3/c1-3-8-4-9(11(14)15)6-10(5-8)12-7(2)13/h4-6H,3H2,1-2H3,(H,12,13)(H,14,15). The molecule has 0 aromatic heterocycles. The van der Waals surface area contributed by atoms with Crippen molar-refractivity contribution in [2.24, 2.45) is 0 Å². The third-order valence-corrected chi connectivity index (χ3v) is 1.97. The predicted molar refractivity (Wildman–Crippen MR) is 57.1 cm³/mol. The lowest BCUT2D eigenvalue weighted by molar-refractivity contribution is -0.114. The van der Waals surface area contributed by atoms with Gasteiger partial charge in [0.25, 0.3) is 0 Å². The Labute approximate surface area is 87.9 Å². The summed E-state index contributed by atoms with van der Waals surface area (Å²) in [5, 5.41) is 11.4. The Bertz CT molecular complexity index is 399. The van der Waals surface area contributed by atoms with Gasteiger partial charge in [-0.3, -0.25) is 4.79 Å². The van der Waals surface area contributed by atoms with Crippen LogP contribution < -0.4 is 5.32 Å². The highest BCUT2D eigenvalue weighted by atomic mass is 16.4. The minimum absolute atomic E-state index is 0.193. The second kappa shape index (κ2) is 4.59. The second-order valence-corrected chi connectivity index (χ2v) is 3.26. The van der Waals surface area contributed by atoms with E-state index < -0.39 is 5.97 Å². The molecule has 2 N–H and O–H groups in total. The molecule has 0 saturated carbocycles. The smallest absolute Gasteiger partial charge is 0.335 e. The molecule has 0 aliphatic carbocycles. The van der Waals surface area contributed by atoms with Gasteiger partial charge in [0.15, 0.2) is 0 Å². The summed E-state index contributed by atoms with van der Waals surface area (Å²) < 4.78 is 0. The van der Waals surface area contributed by atoms with Crippen molar-refractivity contribution in [3.63, 3.8) is 0 Å². The highest BCUT2D eigenvalue weighted by molar-refractivity contribution is 5.93. The van der Waals surface area contributed by atoms with Crippen LogP contribution in [0.2, 0.25) is 0 Å². The van der Waals surface area contributed by atoms with E-state index in [4.69, 9.17) is 5.11 Å². The molecule has 1 aromatic carbocycles. The molecule has 0 heterocycles. The van der Waals surface area contributed by atoms with Gasteiger partial charge in [-0.2, -0.15) is 0 Å². The molecule has 0 atom stereocenters. The average Bonchev–Trinajstić information content (AvgIpc) is 2.16. The first-order valence-corrected chi connectivity index (χ1v) is 4.67. The maximum Gasteiger partial charge on any atom is 0.335 e. The van der Waals surface area contributed by atoms with Crippen molar-refractivity contribution in [2.75, 3.05) is 5.32 Å². The van der Waals surface area contributed by atoms with Gasteiger partial charge in [-0.15, -0.1) is 0 Å². The van der Waals surface area contributed by atoms with E-state index in [1.165, 1.54) is 13.0 Å². The number of rotatable bonds is 3. The maximum atomic E-state index is 10.8. The minimum atomic E-state index is -0.989. The molecule has 4 heteroatoms. The van der Waals surface area contributed by atoms with Crippen LogP contribution in [0.5, 0.6) is 0 Å². The van der Waals surface area contributed by atoms with Crippen molar-refractivity contribution < 1.29 is 14.7 Å². The number of carboxylic acid groups (broad SMARTS) is 1. The fourth-order valence-corrected chi connectivity index (χ4v) is 1.30. The molecule has 4 nitrogen and oxygen atoms in total. The van der Waals surface area contributed by atoms with Crippen LogP contribution in [0.3, 0.4) is 0 Å². The Morgan fingerprint density at radius 3 is 2.47 bits per heavy atom. The number of carbonyl (C=O) groups is 2. The minimum Gasteiger partial charge on any atom is -0.478 e. The number of amides is 1. The van der Waals surface area contributed by atoms with Crippen LogP contribution in [-0.2, 0) is 11.2 Å². The molecule has 0 saturated heterocycles. The zero-order valence-corrected chi connectivity index (χ0v) is 8.70. The Hall–Kier alpha value is -1.84. The van der Waals surface area contributed by atoms with Crippen molar-refractivity contribution >= 4 is 17.6 Å². The Morgan fingerprint density at radius 1 is 1.33 bits per heavy atom. The Balaban J connectivity index is 3.11. The average molecular weight is 207 g/mol. The molecule has 1 amide bonds. The summed E-state index contributed by atoms with van der Waals surface area (Å²) in [7, 11) is 0. The van der Waals surface area contributed by atoms with E-state index in [-0.39, 0.29) is 11.5 Å². The van der Waals surface area contributed by atoms with E-state index >= 15 is 0 Å². The topological polar surface area (TPSA) is 66.4 Å². The third kappa shape index (κ3) is 3.09. The van der Waals surface area contributed by atoms with Gasteiger partial charge in [0, 0.05) is 12.6 Å². The summed E-state index contributed by atoms with van der Waals surface area (Å²) in [6.07, 6.45) is 0.730. The number of hydrogen-bond donors (Lipinski definition) is 2. The van der Waals surface area contributed by atoms with Gasteiger partial charge in [0.2, 0.25) is 5.91 Å². The van der Waals surface area contributed by atoms with Crippen molar-refractivity contribution in [3.05, 3.63) is 29.3 Å². The van der Waals surface area contributed by atoms with Gasteiger partial charge in [0.05, 0.1) is 5.56 Å². The number of benzene rings is 1. The SMILES string of the molecule is CCc1cc(NC(C)=O)cc(C(=O)O)c1. The molecular weight excluding hydrogens is 194 g/mol. The van der Waals surface area contributed by atoms with Gasteiger partial charge in [-0.1, -0.05) is 6.92 Å². The zero-order valence-electron chi connectivity index (χ0n) is 8.70. The lowest BCUT2D eigenvalue weighted by Gasteiger charge is -2.06. The first kappa shape index (κ1) is 11.2. The second-order valence-electron chi connectivity index (χ2n) is 3.26. The monoisotopic (exact) mass is 207 g/mol. The number of carboxylic acids is 1. The maximum absolute atomic E-state index is 10.8. The van der Waals surface area contributed by atoms with E-state index in [0.717, 1.165) is 12.0 Å². The van der Waals surface area contributed by atoms with Crippen molar-refractivity contribution in [1.82, 2.24) is 0 Å². The zero-order chi connectivity index (χ0) is 11.4. The summed E-state index contributed by atoms with van der Waals surface area (Å²) in [5.41, 5.74) is 1.61. The molecule has 1 aromatic rings. The molecule has 0 bridgehead atoms. The molecule has 0 spiro atoms. The number of aromatic carboxylic acids is 1. The van der Waals surface area contributed by atoms with Gasteiger partial charge < -0.3 is 10.4 Å². The van der Waals surface area contributed by atoms with E-state index in [2.05, 4.69) is 5.32 Å². The van der Waals surface area contributed by atoms with Gasteiger partial charge in [-0.05, 0) is 30.2 Å². The molecule has 1 rings (SSSR count). The van der Waals surface area contributed by atoms with Crippen LogP contribution in [0.1, 0.15) is 29.8 Å². The lowest BCUT2D eigenvalue weighted by atomic mass is 10.1. The number of anilines is 1. The molecule has 0 radical (unpaired) electrons. The molecule has 0 aliphatic heterocycles. The quantitative estimate of drug-likeness (QED) is 0.795. The fraction of sp³-hybridized carbons (Fsp3) is 0.273. The molecule has 0 aliphatic rings. The molecular formula is C11H13NO3. The first-order chi connectivity index (χ1) is 7.02. The summed E-state index contributed by atoms with van der Waals surface area (Å²) in [6.45, 7) is 3.32. The van der Waals surface area contributed by atoms with Crippen molar-refractivity contribution in [1.29, 1.82) is 0 Å². The van der Waals surface area contributed by atoms with Crippen molar-refractivity contribution in [2.45, 2.75) is 20.3 Å². The van der Waals surface area contributed by atoms with Crippen molar-refractivity contribution in [3.8, 4) is 0 Å². The number of nitrogens with one attached hydrogen (secondary N) is 1. The first-order valence-electron chi connectivity index (χ1n) is 4.67. The van der Waals surface area contributed by atoms with Crippen LogP contribution in [-0.4, -0.2) is 17.0 Å². The largest absolute Gasteiger partial charge is 0.478 e. The number of aryl methyl sites for hydroxylation is 1. The summed E-state index contributed by atoms with van der Waals surface area (Å²) in [4.78, 5) is 21.6. The predicted octanol–water partition coefficient (Wildman–Crippen LogP) is 1.91. The summed E-state index contributed by atoms with van der Waals surface area (Å²) in [6, 6.07) is 4.82. The normalized spacial score (nSPS) is 9.73. The van der Waals surface area contributed by atoms with Gasteiger partial charge >= 0.3 is 5.97 Å². The van der Waals surface area contributed by atoms with E-state index in [9.17, 15) is 9.59 Å². The highest BCUT2D eigenvalue weighted by Crippen LogP contribution is 2.15. The Morgan fingerprint density at radius 2 is 2.00 bits per heavy atom. The van der Waals surface area contributed by atoms with Crippen LogP contribution in [0.4, 0.5) is 5.69 Å². The van der Waals surface area contributed by atoms with Crippen LogP contribution in [0.15, 0.2) is 18.2 Å². The van der Waals surface area contributed by atoms with E-state index in [1.807, 2.05) is 6.92 Å². The molecule has 0 fully saturated rings. The fourth-order valence-electron chi connectivity index (χ4n) is 1.30. The molecule has 80 valence electrons. The van der Waals surface area contributed by atoms with Gasteiger partial charge in [0.1, 0.15) is 0 Å². The van der Waals surface area contributed by atoms with Crippen LogP contribution in [0, 0.1) is 0 Å². The summed E-state index contributed by atoms with van der Waals surface area (Å²) in [5.74, 6) is -1.20. The summed E-state index contributed by atoms with van der Waals surface area (Å²) >= 11 is 0. The number of hydrogen-bond acceptors (Lipinski definition) is 2.